The maximum atomic E-state index is 13.2. The van der Waals surface area contributed by atoms with E-state index in [4.69, 9.17) is 0 Å². The summed E-state index contributed by atoms with van der Waals surface area (Å²) in [6.45, 7) is 2.67. The minimum absolute atomic E-state index is 0.189. The molecule has 0 radical (unpaired) electrons. The van der Waals surface area contributed by atoms with Crippen molar-refractivity contribution in [2.45, 2.75) is 21.6 Å². The van der Waals surface area contributed by atoms with Gasteiger partial charge in [-0.2, -0.15) is 4.31 Å². The number of carbonyl (C=O) groups excluding carboxylic acids is 3. The third-order valence-electron chi connectivity index (χ3n) is 5.37. The number of nitrogens with zero attached hydrogens (tertiary/aromatic N) is 2. The summed E-state index contributed by atoms with van der Waals surface area (Å²) in [5, 5.41) is 6.57. The number of rotatable bonds is 6. The number of imide groups is 1. The van der Waals surface area contributed by atoms with Crippen molar-refractivity contribution in [1.29, 1.82) is 0 Å². The highest BCUT2D eigenvalue weighted by atomic mass is 32.2. The van der Waals surface area contributed by atoms with Crippen LogP contribution in [0.3, 0.4) is 0 Å². The molecule has 1 unspecified atom stereocenters. The molecule has 1 aromatic carbocycles. The topological polar surface area (TPSA) is 116 Å². The lowest BCUT2D eigenvalue weighted by atomic mass is 10.1. The molecule has 1 atom stereocenters. The highest BCUT2D eigenvalue weighted by molar-refractivity contribution is 7.99. The third kappa shape index (κ3) is 4.40. The zero-order chi connectivity index (χ0) is 22.9. The fraction of sp³-hybridized carbons (Fsp3) is 0.350. The number of thioether (sulfide) groups is 1. The third-order valence-corrected chi connectivity index (χ3v) is 10.0. The van der Waals surface area contributed by atoms with Gasteiger partial charge in [0.05, 0.1) is 5.56 Å². The number of nitrogens with one attached hydrogen (secondary N) is 2. The van der Waals surface area contributed by atoms with E-state index >= 15 is 0 Å². The Hall–Kier alpha value is -2.41. The molecule has 2 aliphatic rings. The second-order valence-electron chi connectivity index (χ2n) is 7.65. The molecule has 0 aliphatic carbocycles. The molecule has 2 N–H and O–H groups in total. The van der Waals surface area contributed by atoms with Gasteiger partial charge in [0.15, 0.2) is 0 Å². The van der Waals surface area contributed by atoms with Crippen LogP contribution in [0.4, 0.5) is 4.79 Å². The van der Waals surface area contributed by atoms with E-state index in [-0.39, 0.29) is 24.7 Å². The number of benzene rings is 1. The first-order chi connectivity index (χ1) is 15.2. The summed E-state index contributed by atoms with van der Waals surface area (Å²) in [6.07, 6.45) is 0. The summed E-state index contributed by atoms with van der Waals surface area (Å²) < 4.78 is 27.1. The summed E-state index contributed by atoms with van der Waals surface area (Å²) in [4.78, 5) is 39.1. The summed E-state index contributed by atoms with van der Waals surface area (Å²) >= 11 is 2.49. The quantitative estimate of drug-likeness (QED) is 0.465. The zero-order valence-electron chi connectivity index (χ0n) is 17.2. The van der Waals surface area contributed by atoms with Crippen molar-refractivity contribution in [3.05, 3.63) is 47.3 Å². The molecule has 2 aliphatic heterocycles. The van der Waals surface area contributed by atoms with E-state index in [0.717, 1.165) is 0 Å². The van der Waals surface area contributed by atoms with Crippen molar-refractivity contribution in [2.75, 3.05) is 31.9 Å². The molecule has 0 bridgehead atoms. The average Bonchev–Trinajstić information content (AvgIpc) is 3.41. The maximum absolute atomic E-state index is 13.2. The van der Waals surface area contributed by atoms with Crippen LogP contribution in [0.2, 0.25) is 0 Å². The van der Waals surface area contributed by atoms with Gasteiger partial charge in [0.25, 0.3) is 21.8 Å². The fourth-order valence-electron chi connectivity index (χ4n) is 3.51. The molecule has 4 amide bonds. The first-order valence-corrected chi connectivity index (χ1v) is 13.2. The van der Waals surface area contributed by atoms with Crippen molar-refractivity contribution >= 4 is 51.0 Å². The standard InChI is InChI=1S/C20H22N4O5S3/c1-20(18(26)21-19(27)22-20)13-31-15-6-3-2-5-14(15)17(25)23-8-10-24(11-9-23)32(28,29)16-7-4-12-30-16/h2-7,12H,8-11,13H2,1H3,(H2,21,22,26,27). The molecule has 12 heteroatoms. The highest BCUT2D eigenvalue weighted by Gasteiger charge is 2.42. The fourth-order valence-corrected chi connectivity index (χ4v) is 7.21. The van der Waals surface area contributed by atoms with Gasteiger partial charge < -0.3 is 10.2 Å². The van der Waals surface area contributed by atoms with E-state index in [1.54, 1.807) is 53.6 Å². The number of carbonyl (C=O) groups is 3. The van der Waals surface area contributed by atoms with Gasteiger partial charge in [-0.3, -0.25) is 14.9 Å². The number of amides is 4. The van der Waals surface area contributed by atoms with E-state index in [1.165, 1.54) is 27.4 Å². The predicted molar refractivity (Wildman–Crippen MR) is 121 cm³/mol. The van der Waals surface area contributed by atoms with Crippen LogP contribution >= 0.6 is 23.1 Å². The summed E-state index contributed by atoms with van der Waals surface area (Å²) in [5.74, 6) is -0.324. The molecule has 3 heterocycles. The number of sulfonamides is 1. The second kappa shape index (κ2) is 8.85. The average molecular weight is 495 g/mol. The minimum Gasteiger partial charge on any atom is -0.336 e. The van der Waals surface area contributed by atoms with Gasteiger partial charge in [-0.25, -0.2) is 13.2 Å². The van der Waals surface area contributed by atoms with Crippen LogP contribution in [-0.4, -0.2) is 72.9 Å². The van der Waals surface area contributed by atoms with Crippen LogP contribution in [0, 0.1) is 0 Å². The van der Waals surface area contributed by atoms with Crippen LogP contribution in [0.25, 0.3) is 0 Å². The Labute approximate surface area is 194 Å². The smallest absolute Gasteiger partial charge is 0.322 e. The van der Waals surface area contributed by atoms with E-state index in [1.807, 2.05) is 0 Å². The lowest BCUT2D eigenvalue weighted by Crippen LogP contribution is -2.50. The zero-order valence-corrected chi connectivity index (χ0v) is 19.7. The molecule has 9 nitrogen and oxygen atoms in total. The molecule has 0 saturated carbocycles. The Balaban J connectivity index is 1.42. The molecule has 1 aromatic heterocycles. The molecule has 32 heavy (non-hydrogen) atoms. The van der Waals surface area contributed by atoms with Crippen molar-refractivity contribution in [3.8, 4) is 0 Å². The van der Waals surface area contributed by atoms with Gasteiger partial charge in [-0.15, -0.1) is 23.1 Å². The van der Waals surface area contributed by atoms with Gasteiger partial charge >= 0.3 is 6.03 Å². The Bertz CT molecular complexity index is 1140. The number of hydrogen-bond acceptors (Lipinski definition) is 7. The largest absolute Gasteiger partial charge is 0.336 e. The van der Waals surface area contributed by atoms with E-state index < -0.39 is 27.5 Å². The van der Waals surface area contributed by atoms with Crippen molar-refractivity contribution in [2.24, 2.45) is 0 Å². The summed E-state index contributed by atoms with van der Waals surface area (Å²) in [6, 6.07) is 9.84. The Kier molecular flexibility index (Phi) is 6.30. The summed E-state index contributed by atoms with van der Waals surface area (Å²) in [5.41, 5.74) is -0.569. The van der Waals surface area contributed by atoms with E-state index in [2.05, 4.69) is 10.6 Å². The van der Waals surface area contributed by atoms with Gasteiger partial charge in [0.1, 0.15) is 9.75 Å². The van der Waals surface area contributed by atoms with Gasteiger partial charge in [0.2, 0.25) is 0 Å². The molecule has 2 fully saturated rings. The lowest BCUT2D eigenvalue weighted by molar-refractivity contribution is -0.122. The maximum Gasteiger partial charge on any atom is 0.322 e. The minimum atomic E-state index is -3.54. The van der Waals surface area contributed by atoms with Crippen LogP contribution in [0.1, 0.15) is 17.3 Å². The van der Waals surface area contributed by atoms with Crippen LogP contribution in [0.5, 0.6) is 0 Å². The monoisotopic (exact) mass is 494 g/mol. The van der Waals surface area contributed by atoms with Crippen LogP contribution in [0.15, 0.2) is 50.9 Å². The molecule has 2 saturated heterocycles. The number of thiophene rings is 1. The number of urea groups is 1. The van der Waals surface area contributed by atoms with E-state index in [9.17, 15) is 22.8 Å². The molecule has 4 rings (SSSR count). The normalized spacial score (nSPS) is 22.0. The Morgan fingerprint density at radius 3 is 2.47 bits per heavy atom. The predicted octanol–water partition coefficient (Wildman–Crippen LogP) is 1.58. The van der Waals surface area contributed by atoms with Crippen LogP contribution < -0.4 is 10.6 Å². The highest BCUT2D eigenvalue weighted by Crippen LogP contribution is 2.29. The molecule has 0 spiro atoms. The van der Waals surface area contributed by atoms with Crippen LogP contribution in [-0.2, 0) is 14.8 Å². The van der Waals surface area contributed by atoms with Crippen molar-refractivity contribution in [3.63, 3.8) is 0 Å². The first-order valence-electron chi connectivity index (χ1n) is 9.89. The number of piperazine rings is 1. The molecular weight excluding hydrogens is 472 g/mol. The lowest BCUT2D eigenvalue weighted by Gasteiger charge is -2.34. The van der Waals surface area contributed by atoms with Crippen molar-refractivity contribution in [1.82, 2.24) is 19.8 Å². The molecular formula is C20H22N4O5S3. The molecule has 170 valence electrons. The Morgan fingerprint density at radius 1 is 1.12 bits per heavy atom. The number of hydrogen-bond donors (Lipinski definition) is 2. The molecule has 2 aromatic rings. The SMILES string of the molecule is CC1(CSc2ccccc2C(=O)N2CCN(S(=O)(=O)c3cccs3)CC2)NC(=O)NC1=O. The first kappa shape index (κ1) is 22.8. The van der Waals surface area contributed by atoms with Gasteiger partial charge in [-0.1, -0.05) is 18.2 Å². The van der Waals surface area contributed by atoms with Gasteiger partial charge in [0, 0.05) is 36.8 Å². The van der Waals surface area contributed by atoms with Gasteiger partial charge in [-0.05, 0) is 30.5 Å². The van der Waals surface area contributed by atoms with E-state index in [0.29, 0.717) is 27.8 Å². The second-order valence-corrected chi connectivity index (χ2v) is 11.8. The van der Waals surface area contributed by atoms with Crippen molar-refractivity contribution < 1.29 is 22.8 Å². The Morgan fingerprint density at radius 2 is 1.84 bits per heavy atom. The summed E-state index contributed by atoms with van der Waals surface area (Å²) in [7, 11) is -3.54.